The van der Waals surface area contributed by atoms with Crippen molar-refractivity contribution < 1.29 is 9.47 Å². The second-order valence-corrected chi connectivity index (χ2v) is 7.11. The van der Waals surface area contributed by atoms with Crippen LogP contribution in [0.15, 0.2) is 91.0 Å². The van der Waals surface area contributed by atoms with E-state index in [-0.39, 0.29) is 17.6 Å². The van der Waals surface area contributed by atoms with Crippen LogP contribution in [0, 0.1) is 5.92 Å². The maximum Gasteiger partial charge on any atom is 0.157 e. The van der Waals surface area contributed by atoms with Crippen molar-refractivity contribution >= 4 is 0 Å². The third-order valence-corrected chi connectivity index (χ3v) is 5.60. The molecule has 3 aromatic carbocycles. The molecule has 0 saturated carbocycles. The monoisotopic (exact) mass is 358 g/mol. The fourth-order valence-corrected chi connectivity index (χ4v) is 4.34. The van der Waals surface area contributed by atoms with E-state index in [0.717, 1.165) is 6.42 Å². The molecule has 0 bridgehead atoms. The number of benzene rings is 3. The van der Waals surface area contributed by atoms with Crippen molar-refractivity contribution in [1.82, 2.24) is 0 Å². The summed E-state index contributed by atoms with van der Waals surface area (Å²) >= 11 is 0. The van der Waals surface area contributed by atoms with Crippen LogP contribution in [0.1, 0.15) is 30.0 Å². The molecule has 0 aliphatic carbocycles. The molecule has 0 spiro atoms. The molecule has 27 heavy (non-hydrogen) atoms. The van der Waals surface area contributed by atoms with E-state index < -0.39 is 0 Å². The van der Waals surface area contributed by atoms with Crippen molar-refractivity contribution in [3.05, 3.63) is 108 Å². The third-order valence-electron chi connectivity index (χ3n) is 5.60. The Hall–Kier alpha value is -2.42. The van der Waals surface area contributed by atoms with Gasteiger partial charge in [0.2, 0.25) is 0 Å². The van der Waals surface area contributed by atoms with Gasteiger partial charge < -0.3 is 9.47 Å². The number of ether oxygens (including phenoxy) is 2. The molecule has 1 saturated heterocycles. The average molecular weight is 358 g/mol. The highest BCUT2D eigenvalue weighted by Crippen LogP contribution is 2.46. The molecular formula is C25H26O2. The molecule has 1 aliphatic heterocycles. The average Bonchev–Trinajstić information content (AvgIpc) is 2.77. The number of hydrogen-bond donors (Lipinski definition) is 0. The van der Waals surface area contributed by atoms with Gasteiger partial charge in [-0.25, -0.2) is 0 Å². The molecule has 2 nitrogen and oxygen atoms in total. The summed E-state index contributed by atoms with van der Waals surface area (Å²) in [6, 6.07) is 32.3. The lowest BCUT2D eigenvalue weighted by molar-refractivity contribution is -0.207. The highest BCUT2D eigenvalue weighted by atomic mass is 16.7. The van der Waals surface area contributed by atoms with E-state index in [1.54, 1.807) is 0 Å². The maximum absolute atomic E-state index is 6.09. The van der Waals surface area contributed by atoms with Crippen LogP contribution < -0.4 is 0 Å². The predicted octanol–water partition coefficient (Wildman–Crippen LogP) is 5.42. The van der Waals surface area contributed by atoms with Crippen molar-refractivity contribution in [2.24, 2.45) is 5.92 Å². The van der Waals surface area contributed by atoms with Crippen LogP contribution in [0.2, 0.25) is 0 Å². The minimum Gasteiger partial charge on any atom is -0.352 e. The van der Waals surface area contributed by atoms with E-state index in [1.807, 2.05) is 0 Å². The van der Waals surface area contributed by atoms with Gasteiger partial charge in [-0.15, -0.1) is 0 Å². The first-order valence-corrected chi connectivity index (χ1v) is 9.75. The van der Waals surface area contributed by atoms with Crippen LogP contribution in [-0.4, -0.2) is 19.5 Å². The van der Waals surface area contributed by atoms with E-state index >= 15 is 0 Å². The van der Waals surface area contributed by atoms with Crippen LogP contribution in [-0.2, 0) is 14.9 Å². The number of hydrogen-bond acceptors (Lipinski definition) is 2. The Labute approximate surface area is 161 Å². The lowest BCUT2D eigenvalue weighted by atomic mass is 9.62. The number of rotatable bonds is 5. The molecular weight excluding hydrogens is 332 g/mol. The minimum atomic E-state index is -0.317. The molecule has 4 rings (SSSR count). The van der Waals surface area contributed by atoms with Gasteiger partial charge in [-0.2, -0.15) is 0 Å². The molecule has 3 aromatic rings. The van der Waals surface area contributed by atoms with Crippen LogP contribution in [0.25, 0.3) is 0 Å². The molecule has 0 amide bonds. The fourth-order valence-electron chi connectivity index (χ4n) is 4.34. The first kappa shape index (κ1) is 18.0. The van der Waals surface area contributed by atoms with Crippen molar-refractivity contribution in [1.29, 1.82) is 0 Å². The van der Waals surface area contributed by atoms with Gasteiger partial charge in [0.1, 0.15) is 0 Å². The van der Waals surface area contributed by atoms with E-state index in [4.69, 9.17) is 9.47 Å². The summed E-state index contributed by atoms with van der Waals surface area (Å²) in [7, 11) is 0. The zero-order valence-corrected chi connectivity index (χ0v) is 15.8. The van der Waals surface area contributed by atoms with Gasteiger partial charge in [0, 0.05) is 5.92 Å². The molecule has 0 N–H and O–H groups in total. The Kier molecular flexibility index (Phi) is 5.38. The molecule has 0 unspecified atom stereocenters. The first-order valence-electron chi connectivity index (χ1n) is 9.75. The molecule has 1 fully saturated rings. The molecule has 2 heteroatoms. The second-order valence-electron chi connectivity index (χ2n) is 7.11. The summed E-state index contributed by atoms with van der Waals surface area (Å²) in [5, 5.41) is 0. The molecule has 1 heterocycles. The van der Waals surface area contributed by atoms with Gasteiger partial charge in [-0.3, -0.25) is 0 Å². The zero-order chi connectivity index (χ0) is 18.5. The smallest absolute Gasteiger partial charge is 0.157 e. The molecule has 1 aliphatic rings. The summed E-state index contributed by atoms with van der Waals surface area (Å²) in [6.07, 6.45) is 0.781. The van der Waals surface area contributed by atoms with E-state index in [9.17, 15) is 0 Å². The van der Waals surface area contributed by atoms with Crippen molar-refractivity contribution in [2.45, 2.75) is 25.0 Å². The third kappa shape index (κ3) is 3.31. The lowest BCUT2D eigenvalue weighted by Gasteiger charge is -2.45. The van der Waals surface area contributed by atoms with E-state index in [2.05, 4.69) is 97.9 Å². The van der Waals surface area contributed by atoms with Gasteiger partial charge in [-0.1, -0.05) is 97.9 Å². The van der Waals surface area contributed by atoms with E-state index in [1.165, 1.54) is 16.7 Å². The predicted molar refractivity (Wildman–Crippen MR) is 109 cm³/mol. The molecule has 138 valence electrons. The van der Waals surface area contributed by atoms with Crippen molar-refractivity contribution in [3.63, 3.8) is 0 Å². The highest BCUT2D eigenvalue weighted by molar-refractivity contribution is 5.51. The van der Waals surface area contributed by atoms with Crippen LogP contribution >= 0.6 is 0 Å². The lowest BCUT2D eigenvalue weighted by Crippen LogP contribution is -2.47. The van der Waals surface area contributed by atoms with E-state index in [0.29, 0.717) is 13.2 Å². The van der Waals surface area contributed by atoms with Gasteiger partial charge in [0.25, 0.3) is 0 Å². The second kappa shape index (κ2) is 8.08. The highest BCUT2D eigenvalue weighted by Gasteiger charge is 2.45. The molecule has 0 radical (unpaired) electrons. The van der Waals surface area contributed by atoms with Crippen LogP contribution in [0.3, 0.4) is 0 Å². The topological polar surface area (TPSA) is 18.5 Å². The minimum absolute atomic E-state index is 0.0960. The summed E-state index contributed by atoms with van der Waals surface area (Å²) in [5.41, 5.74) is 3.50. The summed E-state index contributed by atoms with van der Waals surface area (Å²) in [4.78, 5) is 0. The fraction of sp³-hybridized carbons (Fsp3) is 0.280. The van der Waals surface area contributed by atoms with Gasteiger partial charge >= 0.3 is 0 Å². The first-order chi connectivity index (χ1) is 13.4. The quantitative estimate of drug-likeness (QED) is 0.567. The maximum atomic E-state index is 6.09. The van der Waals surface area contributed by atoms with Gasteiger partial charge in [-0.05, 0) is 23.1 Å². The zero-order valence-electron chi connectivity index (χ0n) is 15.8. The normalized spacial score (nSPS) is 20.3. The van der Waals surface area contributed by atoms with Crippen LogP contribution in [0.5, 0.6) is 0 Å². The summed E-state index contributed by atoms with van der Waals surface area (Å²) in [6.45, 7) is 3.46. The van der Waals surface area contributed by atoms with Crippen molar-refractivity contribution in [3.8, 4) is 0 Å². The Morgan fingerprint density at radius 1 is 0.667 bits per heavy atom. The summed E-state index contributed by atoms with van der Waals surface area (Å²) in [5.74, 6) is 0.188. The van der Waals surface area contributed by atoms with Gasteiger partial charge in [0.05, 0.1) is 18.6 Å². The Morgan fingerprint density at radius 3 is 1.37 bits per heavy atom. The van der Waals surface area contributed by atoms with Crippen LogP contribution in [0.4, 0.5) is 0 Å². The van der Waals surface area contributed by atoms with Crippen molar-refractivity contribution in [2.75, 3.05) is 13.2 Å². The largest absolute Gasteiger partial charge is 0.352 e. The molecule has 0 atom stereocenters. The summed E-state index contributed by atoms with van der Waals surface area (Å²) < 4.78 is 12.2. The Bertz CT molecular complexity index is 725. The van der Waals surface area contributed by atoms with Gasteiger partial charge in [0.15, 0.2) is 6.29 Å². The Balaban J connectivity index is 1.93. The SMILES string of the molecule is CCC1OCC(C(c2ccccc2)(c2ccccc2)c2ccccc2)CO1. The Morgan fingerprint density at radius 2 is 1.04 bits per heavy atom. The standard InChI is InChI=1S/C25H26O2/c1-2-24-26-18-23(19-27-24)25(20-12-6-3-7-13-20,21-14-8-4-9-15-21)22-16-10-5-11-17-22/h3-17,23-24H,2,18-19H2,1H3. The molecule has 0 aromatic heterocycles.